The van der Waals surface area contributed by atoms with Gasteiger partial charge in [-0.1, -0.05) is 0 Å². The first-order chi connectivity index (χ1) is 12.5. The van der Waals surface area contributed by atoms with Crippen molar-refractivity contribution in [1.29, 1.82) is 0 Å². The van der Waals surface area contributed by atoms with Crippen molar-refractivity contribution >= 4 is 47.2 Å². The fourth-order valence-electron chi connectivity index (χ4n) is 3.43. The molecule has 2 aliphatic rings. The molecule has 0 bridgehead atoms. The molecule has 1 unspecified atom stereocenters. The van der Waals surface area contributed by atoms with E-state index in [1.54, 1.807) is 7.05 Å². The van der Waals surface area contributed by atoms with Crippen LogP contribution in [0.2, 0.25) is 0 Å². The first-order valence-electron chi connectivity index (χ1n) is 9.65. The number of aliphatic imine (C=N–C) groups is 1. The highest BCUT2D eigenvalue weighted by Gasteiger charge is 2.41. The van der Waals surface area contributed by atoms with Crippen LogP contribution in [0.25, 0.3) is 0 Å². The largest absolute Gasteiger partial charge is 0.462 e. The molecule has 0 amide bonds. The van der Waals surface area contributed by atoms with E-state index in [-0.39, 0.29) is 36.0 Å². The molecular formula is C19H31IN4O2S. The number of nitrogens with zero attached hydrogens (tertiary/aromatic N) is 2. The summed E-state index contributed by atoms with van der Waals surface area (Å²) in [7, 11) is 1.79. The van der Waals surface area contributed by atoms with Crippen LogP contribution in [0.3, 0.4) is 0 Å². The lowest BCUT2D eigenvalue weighted by Gasteiger charge is -2.20. The molecule has 1 atom stereocenters. The Morgan fingerprint density at radius 2 is 1.96 bits per heavy atom. The van der Waals surface area contributed by atoms with Gasteiger partial charge in [0.15, 0.2) is 5.96 Å². The molecule has 0 spiro atoms. The lowest BCUT2D eigenvalue weighted by Crippen LogP contribution is -2.41. The number of nitrogens with one attached hydrogen (secondary N) is 2. The summed E-state index contributed by atoms with van der Waals surface area (Å²) in [6.07, 6.45) is 5.56. The van der Waals surface area contributed by atoms with Crippen LogP contribution in [0.15, 0.2) is 4.99 Å². The molecule has 0 saturated heterocycles. The van der Waals surface area contributed by atoms with Crippen LogP contribution in [0, 0.1) is 24.7 Å². The highest BCUT2D eigenvalue weighted by Crippen LogP contribution is 2.48. The average Bonchev–Trinajstić information content (AvgIpc) is 3.53. The van der Waals surface area contributed by atoms with Gasteiger partial charge in [0.1, 0.15) is 9.88 Å². The molecule has 0 aliphatic heterocycles. The average molecular weight is 506 g/mol. The first kappa shape index (κ1) is 22.4. The van der Waals surface area contributed by atoms with E-state index < -0.39 is 0 Å². The number of hydrogen-bond donors (Lipinski definition) is 2. The Balaban J connectivity index is 0.00000261. The zero-order chi connectivity index (χ0) is 18.7. The van der Waals surface area contributed by atoms with E-state index in [0.29, 0.717) is 11.5 Å². The SMILES string of the molecule is CCOC(=O)c1sc(C(C)NC(=NC)NCC(C2CC2)C2CC2)nc1C.I. The summed E-state index contributed by atoms with van der Waals surface area (Å²) in [4.78, 5) is 21.5. The van der Waals surface area contributed by atoms with Crippen molar-refractivity contribution in [2.75, 3.05) is 20.2 Å². The Morgan fingerprint density at radius 3 is 2.48 bits per heavy atom. The fraction of sp³-hybridized carbons (Fsp3) is 0.737. The Kier molecular flexibility index (Phi) is 8.33. The molecule has 2 N–H and O–H groups in total. The number of guanidine groups is 1. The van der Waals surface area contributed by atoms with Gasteiger partial charge in [-0.15, -0.1) is 35.3 Å². The first-order valence-corrected chi connectivity index (χ1v) is 10.5. The number of hydrogen-bond acceptors (Lipinski definition) is 5. The minimum absolute atomic E-state index is 0. The minimum Gasteiger partial charge on any atom is -0.462 e. The van der Waals surface area contributed by atoms with Crippen LogP contribution in [0.4, 0.5) is 0 Å². The topological polar surface area (TPSA) is 75.6 Å². The second-order valence-electron chi connectivity index (χ2n) is 7.34. The fourth-order valence-corrected chi connectivity index (χ4v) is 4.39. The number of esters is 1. The molecule has 152 valence electrons. The molecule has 6 nitrogen and oxygen atoms in total. The van der Waals surface area contributed by atoms with Crippen LogP contribution in [0.1, 0.15) is 65.9 Å². The van der Waals surface area contributed by atoms with Gasteiger partial charge in [-0.2, -0.15) is 0 Å². The van der Waals surface area contributed by atoms with E-state index in [0.717, 1.165) is 41.0 Å². The van der Waals surface area contributed by atoms with Gasteiger partial charge in [-0.25, -0.2) is 9.78 Å². The highest BCUT2D eigenvalue weighted by molar-refractivity contribution is 14.0. The van der Waals surface area contributed by atoms with Crippen molar-refractivity contribution in [2.24, 2.45) is 22.7 Å². The van der Waals surface area contributed by atoms with Gasteiger partial charge >= 0.3 is 5.97 Å². The van der Waals surface area contributed by atoms with Crippen LogP contribution in [-0.4, -0.2) is 37.1 Å². The molecular weight excluding hydrogens is 475 g/mol. The minimum atomic E-state index is -0.292. The number of carbonyl (C=O) groups excluding carboxylic acids is 1. The third kappa shape index (κ3) is 6.04. The summed E-state index contributed by atoms with van der Waals surface area (Å²) in [5.74, 6) is 3.13. The Bertz CT molecular complexity index is 659. The predicted octanol–water partition coefficient (Wildman–Crippen LogP) is 3.91. The van der Waals surface area contributed by atoms with Crippen molar-refractivity contribution < 1.29 is 9.53 Å². The standard InChI is InChI=1S/C19H30N4O2S.HI/c1-5-25-18(24)16-11(2)22-17(26-16)12(3)23-19(20-4)21-10-15(13-6-7-13)14-8-9-14;/h12-15H,5-10H2,1-4H3,(H2,20,21,23);1H. The second kappa shape index (κ2) is 10.0. The van der Waals surface area contributed by atoms with Gasteiger partial charge in [0, 0.05) is 13.6 Å². The van der Waals surface area contributed by atoms with Gasteiger partial charge in [-0.05, 0) is 64.2 Å². The molecule has 2 aliphatic carbocycles. The molecule has 2 fully saturated rings. The van der Waals surface area contributed by atoms with Gasteiger partial charge < -0.3 is 15.4 Å². The molecule has 0 aromatic carbocycles. The van der Waals surface area contributed by atoms with Crippen LogP contribution in [0.5, 0.6) is 0 Å². The lowest BCUT2D eigenvalue weighted by atomic mass is 9.98. The third-order valence-electron chi connectivity index (χ3n) is 5.18. The zero-order valence-electron chi connectivity index (χ0n) is 16.6. The number of thiazole rings is 1. The highest BCUT2D eigenvalue weighted by atomic mass is 127. The number of ether oxygens (including phenoxy) is 1. The summed E-state index contributed by atoms with van der Waals surface area (Å²) < 4.78 is 5.10. The second-order valence-corrected chi connectivity index (χ2v) is 8.38. The van der Waals surface area contributed by atoms with Crippen LogP contribution in [-0.2, 0) is 4.74 Å². The number of rotatable bonds is 8. The maximum Gasteiger partial charge on any atom is 0.350 e. The Labute approximate surface area is 183 Å². The van der Waals surface area contributed by atoms with Crippen molar-refractivity contribution in [1.82, 2.24) is 15.6 Å². The molecule has 1 heterocycles. The summed E-state index contributed by atoms with van der Waals surface area (Å²) in [6.45, 7) is 7.07. The normalized spacial score (nSPS) is 18.0. The number of aromatic nitrogens is 1. The molecule has 8 heteroatoms. The van der Waals surface area contributed by atoms with E-state index in [9.17, 15) is 4.79 Å². The Morgan fingerprint density at radius 1 is 1.33 bits per heavy atom. The maximum absolute atomic E-state index is 12.0. The van der Waals surface area contributed by atoms with Gasteiger partial charge in [-0.3, -0.25) is 4.99 Å². The number of halogens is 1. The number of carbonyl (C=O) groups is 1. The smallest absolute Gasteiger partial charge is 0.350 e. The molecule has 1 aromatic rings. The predicted molar refractivity (Wildman–Crippen MR) is 120 cm³/mol. The van der Waals surface area contributed by atoms with Crippen molar-refractivity contribution in [3.63, 3.8) is 0 Å². The summed E-state index contributed by atoms with van der Waals surface area (Å²) in [6, 6.07) is -0.0200. The quantitative estimate of drug-likeness (QED) is 0.242. The lowest BCUT2D eigenvalue weighted by molar-refractivity contribution is 0.0531. The monoisotopic (exact) mass is 506 g/mol. The molecule has 0 radical (unpaired) electrons. The van der Waals surface area contributed by atoms with Gasteiger partial charge in [0.05, 0.1) is 18.3 Å². The third-order valence-corrected chi connectivity index (χ3v) is 6.50. The molecule has 2 saturated carbocycles. The molecule has 1 aromatic heterocycles. The van der Waals surface area contributed by atoms with E-state index >= 15 is 0 Å². The molecule has 3 rings (SSSR count). The zero-order valence-corrected chi connectivity index (χ0v) is 19.7. The summed E-state index contributed by atoms with van der Waals surface area (Å²) >= 11 is 1.39. The van der Waals surface area contributed by atoms with Crippen LogP contribution < -0.4 is 10.6 Å². The van der Waals surface area contributed by atoms with Gasteiger partial charge in [0.25, 0.3) is 0 Å². The van der Waals surface area contributed by atoms with E-state index in [2.05, 4.69) is 20.6 Å². The van der Waals surface area contributed by atoms with E-state index in [1.807, 2.05) is 20.8 Å². The molecule has 27 heavy (non-hydrogen) atoms. The van der Waals surface area contributed by atoms with E-state index in [1.165, 1.54) is 37.0 Å². The van der Waals surface area contributed by atoms with Gasteiger partial charge in [0.2, 0.25) is 0 Å². The number of aryl methyl sites for hydroxylation is 1. The van der Waals surface area contributed by atoms with E-state index in [4.69, 9.17) is 4.74 Å². The Hall–Kier alpha value is -0.900. The van der Waals surface area contributed by atoms with Crippen LogP contribution >= 0.6 is 35.3 Å². The van der Waals surface area contributed by atoms with Crippen molar-refractivity contribution in [2.45, 2.75) is 52.5 Å². The maximum atomic E-state index is 12.0. The van der Waals surface area contributed by atoms with Crippen molar-refractivity contribution in [3.8, 4) is 0 Å². The summed E-state index contributed by atoms with van der Waals surface area (Å²) in [5.41, 5.74) is 0.725. The van der Waals surface area contributed by atoms with Crippen molar-refractivity contribution in [3.05, 3.63) is 15.6 Å². The summed E-state index contributed by atoms with van der Waals surface area (Å²) in [5, 5.41) is 7.77.